The Balaban J connectivity index is 2.57. The van der Waals surface area contributed by atoms with Crippen LogP contribution in [0.2, 0.25) is 10.0 Å². The number of nitrogens with zero attached hydrogens (tertiary/aromatic N) is 1. The maximum Gasteiger partial charge on any atom is 0.305 e. The summed E-state index contributed by atoms with van der Waals surface area (Å²) in [5.74, 6) is 0.532. The lowest BCUT2D eigenvalue weighted by Crippen LogP contribution is -2.38. The summed E-state index contributed by atoms with van der Waals surface area (Å²) < 4.78 is 4.62. The van der Waals surface area contributed by atoms with Crippen LogP contribution in [0.4, 0.5) is 0 Å². The third kappa shape index (κ3) is 7.41. The normalized spacial score (nSPS) is 12.6. The maximum atomic E-state index is 11.1. The summed E-state index contributed by atoms with van der Waals surface area (Å²) in [6.45, 7) is 5.41. The second-order valence-electron chi connectivity index (χ2n) is 5.33. The van der Waals surface area contributed by atoms with Gasteiger partial charge in [-0.15, -0.1) is 0 Å². The van der Waals surface area contributed by atoms with Gasteiger partial charge in [-0.3, -0.25) is 9.79 Å². The van der Waals surface area contributed by atoms with Crippen molar-refractivity contribution in [2.75, 3.05) is 20.2 Å². The van der Waals surface area contributed by atoms with E-state index in [1.54, 1.807) is 6.07 Å². The zero-order valence-electron chi connectivity index (χ0n) is 14.4. The topological polar surface area (TPSA) is 62.7 Å². The molecule has 0 aliphatic heterocycles. The van der Waals surface area contributed by atoms with Crippen molar-refractivity contribution < 1.29 is 9.53 Å². The average Bonchev–Trinajstić information content (AvgIpc) is 2.54. The molecule has 0 aromatic heterocycles. The van der Waals surface area contributed by atoms with Crippen LogP contribution >= 0.6 is 23.2 Å². The highest BCUT2D eigenvalue weighted by Crippen LogP contribution is 2.25. The Morgan fingerprint density at radius 2 is 2.08 bits per heavy atom. The fraction of sp³-hybridized carbons (Fsp3) is 0.529. The number of nitrogens with one attached hydrogen (secondary N) is 2. The van der Waals surface area contributed by atoms with Crippen LogP contribution in [-0.2, 0) is 9.53 Å². The van der Waals surface area contributed by atoms with Gasteiger partial charge >= 0.3 is 5.97 Å². The zero-order chi connectivity index (χ0) is 17.9. The molecular weight excluding hydrogens is 349 g/mol. The highest BCUT2D eigenvalue weighted by molar-refractivity contribution is 6.35. The van der Waals surface area contributed by atoms with E-state index in [0.29, 0.717) is 29.0 Å². The minimum Gasteiger partial charge on any atom is -0.469 e. The fourth-order valence-corrected chi connectivity index (χ4v) is 2.70. The summed E-state index contributed by atoms with van der Waals surface area (Å²) in [4.78, 5) is 15.6. The number of unbranched alkanes of at least 4 members (excludes halogenated alkanes) is 1. The molecule has 134 valence electrons. The summed E-state index contributed by atoms with van der Waals surface area (Å²) in [6, 6.07) is 5.44. The van der Waals surface area contributed by atoms with E-state index in [4.69, 9.17) is 23.2 Å². The molecule has 0 amide bonds. The van der Waals surface area contributed by atoms with Gasteiger partial charge in [0.25, 0.3) is 0 Å². The van der Waals surface area contributed by atoms with Crippen LogP contribution in [0.15, 0.2) is 23.2 Å². The molecule has 1 aromatic carbocycles. The highest BCUT2D eigenvalue weighted by Gasteiger charge is 2.11. The van der Waals surface area contributed by atoms with Gasteiger partial charge in [0, 0.05) is 29.6 Å². The molecule has 0 fully saturated rings. The predicted molar refractivity (Wildman–Crippen MR) is 99.9 cm³/mol. The van der Waals surface area contributed by atoms with Crippen LogP contribution in [0.25, 0.3) is 0 Å². The Morgan fingerprint density at radius 3 is 2.71 bits per heavy atom. The Morgan fingerprint density at radius 1 is 1.33 bits per heavy atom. The number of benzene rings is 1. The molecule has 5 nitrogen and oxygen atoms in total. The molecular formula is C17H25Cl2N3O2. The van der Waals surface area contributed by atoms with Crippen molar-refractivity contribution in [1.82, 2.24) is 10.6 Å². The number of aliphatic imine (C=N–C) groups is 1. The van der Waals surface area contributed by atoms with E-state index in [1.165, 1.54) is 7.11 Å². The number of hydrogen-bond donors (Lipinski definition) is 2. The van der Waals surface area contributed by atoms with Gasteiger partial charge in [0.2, 0.25) is 0 Å². The van der Waals surface area contributed by atoms with Gasteiger partial charge in [0.15, 0.2) is 5.96 Å². The van der Waals surface area contributed by atoms with Gasteiger partial charge in [-0.05, 0) is 44.4 Å². The van der Waals surface area contributed by atoms with Crippen molar-refractivity contribution in [3.63, 3.8) is 0 Å². The molecule has 7 heteroatoms. The molecule has 0 bridgehead atoms. The van der Waals surface area contributed by atoms with E-state index in [9.17, 15) is 4.79 Å². The second kappa shape index (κ2) is 11.2. The molecule has 0 aliphatic carbocycles. The Kier molecular flexibility index (Phi) is 9.57. The molecule has 0 heterocycles. The van der Waals surface area contributed by atoms with Crippen LogP contribution in [0.1, 0.15) is 44.7 Å². The van der Waals surface area contributed by atoms with Crippen LogP contribution in [-0.4, -0.2) is 32.1 Å². The standard InChI is InChI=1S/C17H25Cl2N3O2/c1-4-20-17(21-10-6-5-7-16(23)24-3)22-12(2)14-9-8-13(18)11-15(14)19/h8-9,11-12H,4-7,10H2,1-3H3,(H2,20,21,22). The average molecular weight is 374 g/mol. The number of methoxy groups -OCH3 is 1. The number of esters is 1. The van der Waals surface area contributed by atoms with E-state index in [1.807, 2.05) is 26.0 Å². The molecule has 1 unspecified atom stereocenters. The number of guanidine groups is 1. The fourth-order valence-electron chi connectivity index (χ4n) is 2.13. The van der Waals surface area contributed by atoms with E-state index >= 15 is 0 Å². The van der Waals surface area contributed by atoms with Gasteiger partial charge in [0.1, 0.15) is 0 Å². The summed E-state index contributed by atoms with van der Waals surface area (Å²) in [6.07, 6.45) is 2.00. The van der Waals surface area contributed by atoms with Crippen molar-refractivity contribution >= 4 is 35.1 Å². The van der Waals surface area contributed by atoms with Crippen LogP contribution in [0.5, 0.6) is 0 Å². The van der Waals surface area contributed by atoms with Crippen molar-refractivity contribution in [1.29, 1.82) is 0 Å². The third-order valence-corrected chi connectivity index (χ3v) is 3.98. The first-order valence-corrected chi connectivity index (χ1v) is 8.80. The lowest BCUT2D eigenvalue weighted by molar-refractivity contribution is -0.140. The molecule has 24 heavy (non-hydrogen) atoms. The van der Waals surface area contributed by atoms with Crippen LogP contribution in [0, 0.1) is 0 Å². The summed E-state index contributed by atoms with van der Waals surface area (Å²) in [5.41, 5.74) is 0.956. The van der Waals surface area contributed by atoms with Gasteiger partial charge in [-0.1, -0.05) is 29.3 Å². The Bertz CT molecular complexity index is 565. The maximum absolute atomic E-state index is 11.1. The quantitative estimate of drug-likeness (QED) is 0.313. The van der Waals surface area contributed by atoms with Gasteiger partial charge < -0.3 is 15.4 Å². The summed E-state index contributed by atoms with van der Waals surface area (Å²) >= 11 is 12.2. The molecule has 1 atom stereocenters. The number of halogens is 2. The first-order chi connectivity index (χ1) is 11.5. The van der Waals surface area contributed by atoms with E-state index < -0.39 is 0 Å². The van der Waals surface area contributed by atoms with Crippen LogP contribution in [0.3, 0.4) is 0 Å². The van der Waals surface area contributed by atoms with Gasteiger partial charge in [0.05, 0.1) is 13.2 Å². The molecule has 2 N–H and O–H groups in total. The Hall–Kier alpha value is -1.46. The second-order valence-corrected chi connectivity index (χ2v) is 6.17. The molecule has 0 saturated heterocycles. The number of ether oxygens (including phenoxy) is 1. The molecule has 0 radical (unpaired) electrons. The largest absolute Gasteiger partial charge is 0.469 e. The Labute approximate surface area is 153 Å². The van der Waals surface area contributed by atoms with Crippen molar-refractivity contribution in [2.24, 2.45) is 4.99 Å². The van der Waals surface area contributed by atoms with Crippen molar-refractivity contribution in [3.8, 4) is 0 Å². The number of hydrogen-bond acceptors (Lipinski definition) is 3. The van der Waals surface area contributed by atoms with E-state index in [-0.39, 0.29) is 12.0 Å². The van der Waals surface area contributed by atoms with Crippen molar-refractivity contribution in [2.45, 2.75) is 39.2 Å². The lowest BCUT2D eigenvalue weighted by atomic mass is 10.1. The van der Waals surface area contributed by atoms with Crippen LogP contribution < -0.4 is 10.6 Å². The number of carbonyl (C=O) groups excluding carboxylic acids is 1. The van der Waals surface area contributed by atoms with E-state index in [0.717, 1.165) is 24.9 Å². The number of rotatable bonds is 8. The molecule has 0 spiro atoms. The highest BCUT2D eigenvalue weighted by atomic mass is 35.5. The predicted octanol–water partition coefficient (Wildman–Crippen LogP) is 3.95. The first kappa shape index (κ1) is 20.6. The van der Waals surface area contributed by atoms with Crippen molar-refractivity contribution in [3.05, 3.63) is 33.8 Å². The molecule has 1 aromatic rings. The smallest absolute Gasteiger partial charge is 0.305 e. The van der Waals surface area contributed by atoms with Gasteiger partial charge in [-0.2, -0.15) is 0 Å². The summed E-state index contributed by atoms with van der Waals surface area (Å²) in [5, 5.41) is 7.76. The zero-order valence-corrected chi connectivity index (χ0v) is 15.9. The lowest BCUT2D eigenvalue weighted by Gasteiger charge is -2.19. The molecule has 1 rings (SSSR count). The SMILES string of the molecule is CCNC(=NCCCCC(=O)OC)NC(C)c1ccc(Cl)cc1Cl. The first-order valence-electron chi connectivity index (χ1n) is 8.04. The number of carbonyl (C=O) groups is 1. The molecule has 0 aliphatic rings. The third-order valence-electron chi connectivity index (χ3n) is 3.41. The van der Waals surface area contributed by atoms with E-state index in [2.05, 4.69) is 20.4 Å². The molecule has 0 saturated carbocycles. The minimum atomic E-state index is -0.185. The summed E-state index contributed by atoms with van der Waals surface area (Å²) in [7, 11) is 1.40. The minimum absolute atomic E-state index is 0.0114. The van der Waals surface area contributed by atoms with Gasteiger partial charge in [-0.25, -0.2) is 0 Å². The monoisotopic (exact) mass is 373 g/mol.